The highest BCUT2D eigenvalue weighted by Gasteiger charge is 2.24. The van der Waals surface area contributed by atoms with Crippen LogP contribution in [-0.4, -0.2) is 61.2 Å². The summed E-state index contributed by atoms with van der Waals surface area (Å²) in [4.78, 5) is 12.1. The van der Waals surface area contributed by atoms with Gasteiger partial charge in [0.25, 0.3) is 0 Å². The second kappa shape index (κ2) is 9.33. The van der Waals surface area contributed by atoms with Gasteiger partial charge in [0.2, 0.25) is 0 Å². The van der Waals surface area contributed by atoms with E-state index in [1.54, 1.807) is 32.2 Å². The van der Waals surface area contributed by atoms with Crippen molar-refractivity contribution in [3.8, 4) is 22.8 Å². The smallest absolute Gasteiger partial charge is 0.361 e. The zero-order chi connectivity index (χ0) is 19.1. The molecular formula is C18H23N3O6. The number of H-pyrrole nitrogens is 1. The average Bonchev–Trinajstić information content (AvgIpc) is 3.19. The molecule has 27 heavy (non-hydrogen) atoms. The number of hydrogen-bond acceptors (Lipinski definition) is 8. The van der Waals surface area contributed by atoms with E-state index < -0.39 is 5.97 Å². The van der Waals surface area contributed by atoms with E-state index >= 15 is 0 Å². The summed E-state index contributed by atoms with van der Waals surface area (Å²) >= 11 is 0. The second-order valence-corrected chi connectivity index (χ2v) is 5.74. The molecule has 2 heterocycles. The van der Waals surface area contributed by atoms with Crippen molar-refractivity contribution >= 4 is 5.97 Å². The van der Waals surface area contributed by atoms with Gasteiger partial charge < -0.3 is 23.7 Å². The topological polar surface area (TPSA) is 105 Å². The number of esters is 1. The summed E-state index contributed by atoms with van der Waals surface area (Å²) in [6.45, 7) is 3.70. The number of aromatic amines is 1. The van der Waals surface area contributed by atoms with Gasteiger partial charge in [0.1, 0.15) is 5.69 Å². The average molecular weight is 377 g/mol. The van der Waals surface area contributed by atoms with Crippen LogP contribution < -0.4 is 9.47 Å². The van der Waals surface area contributed by atoms with E-state index in [4.69, 9.17) is 23.7 Å². The van der Waals surface area contributed by atoms with E-state index in [2.05, 4.69) is 15.4 Å². The maximum atomic E-state index is 12.1. The first kappa shape index (κ1) is 19.1. The normalized spacial score (nSPS) is 14.7. The van der Waals surface area contributed by atoms with Gasteiger partial charge in [-0.25, -0.2) is 4.79 Å². The van der Waals surface area contributed by atoms with Gasteiger partial charge in [-0.1, -0.05) is 6.07 Å². The first-order valence-electron chi connectivity index (χ1n) is 8.85. The van der Waals surface area contributed by atoms with Gasteiger partial charge in [0, 0.05) is 6.42 Å². The fourth-order valence-corrected chi connectivity index (χ4v) is 2.73. The Morgan fingerprint density at radius 2 is 2.11 bits per heavy atom. The minimum absolute atomic E-state index is 0.0916. The SMILES string of the molecule is CCOC(=O)c1n[nH]nc1-c1cccc(OC)c1OCCC1OCCCO1. The van der Waals surface area contributed by atoms with E-state index in [0.29, 0.717) is 49.0 Å². The van der Waals surface area contributed by atoms with Gasteiger partial charge in [0.15, 0.2) is 23.5 Å². The number of rotatable bonds is 8. The third-order valence-electron chi connectivity index (χ3n) is 3.97. The molecule has 1 aromatic heterocycles. The number of ether oxygens (including phenoxy) is 5. The van der Waals surface area contributed by atoms with Crippen molar-refractivity contribution in [1.29, 1.82) is 0 Å². The molecule has 0 saturated carbocycles. The number of nitrogens with zero attached hydrogens (tertiary/aromatic N) is 2. The van der Waals surface area contributed by atoms with Gasteiger partial charge in [-0.05, 0) is 25.5 Å². The number of nitrogens with one attached hydrogen (secondary N) is 1. The highest BCUT2D eigenvalue weighted by molar-refractivity contribution is 5.95. The predicted octanol–water partition coefficient (Wildman–Crippen LogP) is 2.19. The molecule has 0 aliphatic carbocycles. The molecule has 9 heteroatoms. The largest absolute Gasteiger partial charge is 0.493 e. The molecule has 1 aliphatic rings. The fraction of sp³-hybridized carbons (Fsp3) is 0.500. The Kier molecular flexibility index (Phi) is 6.61. The number of hydrogen-bond donors (Lipinski definition) is 1. The van der Waals surface area contributed by atoms with Crippen LogP contribution in [0.4, 0.5) is 0 Å². The number of aromatic nitrogens is 3. The number of methoxy groups -OCH3 is 1. The second-order valence-electron chi connectivity index (χ2n) is 5.74. The lowest BCUT2D eigenvalue weighted by molar-refractivity contribution is -0.183. The van der Waals surface area contributed by atoms with Crippen molar-refractivity contribution in [2.24, 2.45) is 0 Å². The molecular weight excluding hydrogens is 354 g/mol. The number of benzene rings is 1. The first-order chi connectivity index (χ1) is 13.2. The van der Waals surface area contributed by atoms with Crippen LogP contribution in [0.2, 0.25) is 0 Å². The minimum Gasteiger partial charge on any atom is -0.493 e. The third-order valence-corrected chi connectivity index (χ3v) is 3.97. The van der Waals surface area contributed by atoms with Gasteiger partial charge in [0.05, 0.1) is 39.1 Å². The van der Waals surface area contributed by atoms with Crippen LogP contribution in [0.3, 0.4) is 0 Å². The summed E-state index contributed by atoms with van der Waals surface area (Å²) < 4.78 is 27.5. The standard InChI is InChI=1S/C18H23N3O6/c1-3-24-18(22)16-15(19-21-20-16)12-6-4-7-13(23-2)17(12)27-11-8-14-25-9-5-10-26-14/h4,6-7,14H,3,5,8-11H2,1-2H3,(H,19,20,21). The molecule has 2 aromatic rings. The molecule has 0 spiro atoms. The van der Waals surface area contributed by atoms with Crippen molar-refractivity contribution < 1.29 is 28.5 Å². The molecule has 0 unspecified atom stereocenters. The zero-order valence-electron chi connectivity index (χ0n) is 15.4. The summed E-state index contributed by atoms with van der Waals surface area (Å²) in [6.07, 6.45) is 1.19. The molecule has 0 bridgehead atoms. The Bertz CT molecular complexity index is 757. The van der Waals surface area contributed by atoms with Crippen LogP contribution in [0.25, 0.3) is 11.3 Å². The number of carbonyl (C=O) groups excluding carboxylic acids is 1. The van der Waals surface area contributed by atoms with E-state index in [-0.39, 0.29) is 18.6 Å². The van der Waals surface area contributed by atoms with Crippen molar-refractivity contribution in [1.82, 2.24) is 15.4 Å². The van der Waals surface area contributed by atoms with Gasteiger partial charge >= 0.3 is 5.97 Å². The fourth-order valence-electron chi connectivity index (χ4n) is 2.73. The van der Waals surface area contributed by atoms with Gasteiger partial charge in [-0.2, -0.15) is 10.3 Å². The summed E-state index contributed by atoms with van der Waals surface area (Å²) in [5.74, 6) is 0.435. The van der Waals surface area contributed by atoms with Gasteiger partial charge in [-0.15, -0.1) is 5.10 Å². The monoisotopic (exact) mass is 377 g/mol. The number of para-hydroxylation sites is 1. The molecule has 3 rings (SSSR count). The van der Waals surface area contributed by atoms with Crippen LogP contribution in [0, 0.1) is 0 Å². The molecule has 0 atom stereocenters. The maximum Gasteiger partial charge on any atom is 0.361 e. The zero-order valence-corrected chi connectivity index (χ0v) is 15.4. The van der Waals surface area contributed by atoms with E-state index in [1.807, 2.05) is 0 Å². The van der Waals surface area contributed by atoms with Crippen molar-refractivity contribution in [3.05, 3.63) is 23.9 Å². The van der Waals surface area contributed by atoms with Crippen molar-refractivity contribution in [2.45, 2.75) is 26.1 Å². The van der Waals surface area contributed by atoms with E-state index in [1.165, 1.54) is 0 Å². The Hall–Kier alpha value is -2.65. The summed E-state index contributed by atoms with van der Waals surface area (Å²) in [7, 11) is 1.55. The van der Waals surface area contributed by atoms with Crippen molar-refractivity contribution in [2.75, 3.05) is 33.5 Å². The lowest BCUT2D eigenvalue weighted by Gasteiger charge is -2.23. The van der Waals surface area contributed by atoms with Crippen LogP contribution in [0.15, 0.2) is 18.2 Å². The van der Waals surface area contributed by atoms with Gasteiger partial charge in [-0.3, -0.25) is 0 Å². The Balaban J connectivity index is 1.81. The summed E-state index contributed by atoms with van der Waals surface area (Å²) in [5, 5.41) is 10.5. The van der Waals surface area contributed by atoms with Crippen LogP contribution in [0.1, 0.15) is 30.3 Å². The first-order valence-corrected chi connectivity index (χ1v) is 8.85. The van der Waals surface area contributed by atoms with Crippen LogP contribution in [-0.2, 0) is 14.2 Å². The molecule has 9 nitrogen and oxygen atoms in total. The summed E-state index contributed by atoms with van der Waals surface area (Å²) in [5.41, 5.74) is 1.01. The highest BCUT2D eigenvalue weighted by atomic mass is 16.7. The molecule has 1 N–H and O–H groups in total. The Morgan fingerprint density at radius 1 is 1.30 bits per heavy atom. The number of carbonyl (C=O) groups is 1. The molecule has 1 aromatic carbocycles. The molecule has 1 fully saturated rings. The molecule has 146 valence electrons. The van der Waals surface area contributed by atoms with Crippen molar-refractivity contribution in [3.63, 3.8) is 0 Å². The van der Waals surface area contributed by atoms with Crippen LogP contribution >= 0.6 is 0 Å². The molecule has 1 saturated heterocycles. The minimum atomic E-state index is -0.556. The Labute approximate surface area is 156 Å². The van der Waals surface area contributed by atoms with E-state index in [0.717, 1.165) is 6.42 Å². The van der Waals surface area contributed by atoms with Crippen LogP contribution in [0.5, 0.6) is 11.5 Å². The molecule has 1 aliphatic heterocycles. The highest BCUT2D eigenvalue weighted by Crippen LogP contribution is 2.38. The van der Waals surface area contributed by atoms with E-state index in [9.17, 15) is 4.79 Å². The molecule has 0 amide bonds. The quantitative estimate of drug-likeness (QED) is 0.698. The lowest BCUT2D eigenvalue weighted by atomic mass is 10.1. The maximum absolute atomic E-state index is 12.1. The predicted molar refractivity (Wildman–Crippen MR) is 94.7 cm³/mol. The Morgan fingerprint density at radius 3 is 2.85 bits per heavy atom. The lowest BCUT2D eigenvalue weighted by Crippen LogP contribution is -2.26. The summed E-state index contributed by atoms with van der Waals surface area (Å²) in [6, 6.07) is 5.35. The third kappa shape index (κ3) is 4.55. The molecule has 0 radical (unpaired) electrons.